The number of carbonyl (C=O) groups is 1. The van der Waals surface area contributed by atoms with Crippen molar-refractivity contribution in [3.05, 3.63) is 63.4 Å². The van der Waals surface area contributed by atoms with Crippen molar-refractivity contribution in [2.75, 3.05) is 0 Å². The van der Waals surface area contributed by atoms with Gasteiger partial charge in [-0.25, -0.2) is 4.98 Å². The first kappa shape index (κ1) is 15.3. The number of carbonyl (C=O) groups excluding carboxylic acids is 1. The molecule has 0 unspecified atom stereocenters. The van der Waals surface area contributed by atoms with E-state index in [1.807, 2.05) is 18.2 Å². The molecule has 0 atom stereocenters. The second-order valence-corrected chi connectivity index (χ2v) is 5.38. The fourth-order valence-corrected chi connectivity index (χ4v) is 2.35. The Labute approximate surface area is 136 Å². The Hall–Kier alpha value is -2.60. The van der Waals surface area contributed by atoms with Gasteiger partial charge in [-0.2, -0.15) is 0 Å². The van der Waals surface area contributed by atoms with E-state index in [-0.39, 0.29) is 36.1 Å². The normalized spacial score (nSPS) is 10.8. The van der Waals surface area contributed by atoms with Crippen molar-refractivity contribution in [1.82, 2.24) is 15.3 Å². The molecule has 2 aromatic heterocycles. The quantitative estimate of drug-likeness (QED) is 0.751. The van der Waals surface area contributed by atoms with Crippen molar-refractivity contribution in [3.63, 3.8) is 0 Å². The summed E-state index contributed by atoms with van der Waals surface area (Å²) in [6.45, 7) is 0.257. The minimum absolute atomic E-state index is 0.170. The Morgan fingerprint density at radius 1 is 1.26 bits per heavy atom. The first-order chi connectivity index (χ1) is 11.1. The monoisotopic (exact) mass is 331 g/mol. The summed E-state index contributed by atoms with van der Waals surface area (Å²) in [4.78, 5) is 30.9. The molecule has 23 heavy (non-hydrogen) atoms. The maximum absolute atomic E-state index is 11.9. The summed E-state index contributed by atoms with van der Waals surface area (Å²) in [7, 11) is 0. The standard InChI is InChI=1S/C16H14ClN3O3/c17-14-7-5-10(23-14)9-18-15(21)8-6-13-16(22)20-12-4-2-1-3-11(12)19-13/h1-5,7H,6,8-9H2,(H,18,21)(H,20,22). The number of aromatic amines is 1. The highest BCUT2D eigenvalue weighted by Crippen LogP contribution is 2.12. The third-order valence-corrected chi connectivity index (χ3v) is 3.55. The van der Waals surface area contributed by atoms with E-state index in [9.17, 15) is 9.59 Å². The molecule has 6 nitrogen and oxygen atoms in total. The van der Waals surface area contributed by atoms with E-state index in [0.717, 1.165) is 0 Å². The highest BCUT2D eigenvalue weighted by Gasteiger charge is 2.09. The summed E-state index contributed by atoms with van der Waals surface area (Å²) in [6.07, 6.45) is 0.438. The van der Waals surface area contributed by atoms with E-state index in [4.69, 9.17) is 16.0 Å². The molecule has 0 bridgehead atoms. The van der Waals surface area contributed by atoms with Crippen LogP contribution >= 0.6 is 11.6 Å². The van der Waals surface area contributed by atoms with Crippen molar-refractivity contribution in [2.45, 2.75) is 19.4 Å². The maximum Gasteiger partial charge on any atom is 0.270 e. The van der Waals surface area contributed by atoms with Crippen molar-refractivity contribution in [1.29, 1.82) is 0 Å². The van der Waals surface area contributed by atoms with Crippen LogP contribution in [0.3, 0.4) is 0 Å². The van der Waals surface area contributed by atoms with Crippen LogP contribution in [0.25, 0.3) is 11.0 Å². The minimum atomic E-state index is -0.269. The molecule has 0 saturated heterocycles. The van der Waals surface area contributed by atoms with E-state index < -0.39 is 0 Å². The summed E-state index contributed by atoms with van der Waals surface area (Å²) in [5, 5.41) is 2.99. The van der Waals surface area contributed by atoms with Gasteiger partial charge in [-0.05, 0) is 35.9 Å². The zero-order chi connectivity index (χ0) is 16.2. The molecule has 0 aliphatic carbocycles. The number of para-hydroxylation sites is 2. The van der Waals surface area contributed by atoms with Gasteiger partial charge in [0.15, 0.2) is 5.22 Å². The number of H-pyrrole nitrogens is 1. The number of fused-ring (bicyclic) bond motifs is 1. The van der Waals surface area contributed by atoms with Crippen LogP contribution in [0, 0.1) is 0 Å². The topological polar surface area (TPSA) is 88.0 Å². The molecule has 2 heterocycles. The van der Waals surface area contributed by atoms with Gasteiger partial charge in [-0.1, -0.05) is 12.1 Å². The van der Waals surface area contributed by atoms with Gasteiger partial charge in [0.25, 0.3) is 5.56 Å². The Morgan fingerprint density at radius 2 is 2.09 bits per heavy atom. The number of amides is 1. The molecule has 0 fully saturated rings. The lowest BCUT2D eigenvalue weighted by molar-refractivity contribution is -0.121. The molecule has 0 aliphatic rings. The number of nitrogens with zero attached hydrogens (tertiary/aromatic N) is 1. The average molecular weight is 332 g/mol. The molecule has 0 spiro atoms. The lowest BCUT2D eigenvalue weighted by Crippen LogP contribution is -2.24. The van der Waals surface area contributed by atoms with Gasteiger partial charge < -0.3 is 14.7 Å². The van der Waals surface area contributed by atoms with E-state index in [2.05, 4.69) is 15.3 Å². The predicted molar refractivity (Wildman–Crippen MR) is 86.2 cm³/mol. The van der Waals surface area contributed by atoms with Crippen LogP contribution in [0.4, 0.5) is 0 Å². The van der Waals surface area contributed by atoms with Crippen LogP contribution in [0.2, 0.25) is 5.22 Å². The number of hydrogen-bond donors (Lipinski definition) is 2. The third-order valence-electron chi connectivity index (χ3n) is 3.35. The fourth-order valence-electron chi connectivity index (χ4n) is 2.19. The van der Waals surface area contributed by atoms with Gasteiger partial charge >= 0.3 is 0 Å². The van der Waals surface area contributed by atoms with Crippen LogP contribution in [-0.4, -0.2) is 15.9 Å². The summed E-state index contributed by atoms with van der Waals surface area (Å²) >= 11 is 5.66. The second-order valence-electron chi connectivity index (χ2n) is 5.01. The van der Waals surface area contributed by atoms with Gasteiger partial charge in [0.05, 0.1) is 17.6 Å². The van der Waals surface area contributed by atoms with E-state index in [1.54, 1.807) is 18.2 Å². The highest BCUT2D eigenvalue weighted by atomic mass is 35.5. The molecule has 7 heteroatoms. The summed E-state index contributed by atoms with van der Waals surface area (Å²) in [5.41, 5.74) is 1.46. The lowest BCUT2D eigenvalue weighted by Gasteiger charge is -2.04. The zero-order valence-electron chi connectivity index (χ0n) is 12.1. The SMILES string of the molecule is O=C(CCc1nc2ccccc2[nH]c1=O)NCc1ccc(Cl)o1. The Bertz CT molecular complexity index is 901. The molecule has 0 aliphatic heterocycles. The van der Waals surface area contributed by atoms with Crippen molar-refractivity contribution >= 4 is 28.5 Å². The number of nitrogens with one attached hydrogen (secondary N) is 2. The van der Waals surface area contributed by atoms with Crippen LogP contribution in [0.15, 0.2) is 45.6 Å². The van der Waals surface area contributed by atoms with Crippen LogP contribution in [0.1, 0.15) is 17.9 Å². The van der Waals surface area contributed by atoms with Gasteiger partial charge in [-0.15, -0.1) is 0 Å². The number of furan rings is 1. The van der Waals surface area contributed by atoms with E-state index in [0.29, 0.717) is 22.5 Å². The Kier molecular flexibility index (Phi) is 4.43. The maximum atomic E-state index is 11.9. The van der Waals surface area contributed by atoms with Gasteiger partial charge in [0, 0.05) is 12.8 Å². The van der Waals surface area contributed by atoms with Gasteiger partial charge in [0.1, 0.15) is 11.5 Å². The van der Waals surface area contributed by atoms with Crippen LogP contribution in [-0.2, 0) is 17.8 Å². The number of aromatic nitrogens is 2. The molecule has 1 amide bonds. The molecule has 3 rings (SSSR count). The van der Waals surface area contributed by atoms with E-state index in [1.165, 1.54) is 0 Å². The van der Waals surface area contributed by atoms with Crippen LogP contribution in [0.5, 0.6) is 0 Å². The number of benzene rings is 1. The molecular weight excluding hydrogens is 318 g/mol. The lowest BCUT2D eigenvalue weighted by atomic mass is 10.2. The minimum Gasteiger partial charge on any atom is -0.448 e. The number of rotatable bonds is 5. The van der Waals surface area contributed by atoms with Crippen molar-refractivity contribution in [3.8, 4) is 0 Å². The molecule has 118 valence electrons. The molecule has 1 aromatic carbocycles. The molecule has 0 radical (unpaired) electrons. The van der Waals surface area contributed by atoms with Crippen molar-refractivity contribution in [2.24, 2.45) is 0 Å². The zero-order valence-corrected chi connectivity index (χ0v) is 12.9. The Balaban J connectivity index is 1.60. The highest BCUT2D eigenvalue weighted by molar-refractivity contribution is 6.28. The fraction of sp³-hybridized carbons (Fsp3) is 0.188. The predicted octanol–water partition coefficient (Wildman–Crippen LogP) is 2.42. The van der Waals surface area contributed by atoms with Gasteiger partial charge in [0.2, 0.25) is 5.91 Å². The number of aryl methyl sites for hydroxylation is 1. The number of hydrogen-bond acceptors (Lipinski definition) is 4. The molecule has 2 N–H and O–H groups in total. The molecule has 3 aromatic rings. The van der Waals surface area contributed by atoms with Crippen molar-refractivity contribution < 1.29 is 9.21 Å². The average Bonchev–Trinajstić information content (AvgIpc) is 2.96. The Morgan fingerprint density at radius 3 is 2.87 bits per heavy atom. The van der Waals surface area contributed by atoms with Gasteiger partial charge in [-0.3, -0.25) is 9.59 Å². The first-order valence-corrected chi connectivity index (χ1v) is 7.48. The van der Waals surface area contributed by atoms with E-state index >= 15 is 0 Å². The largest absolute Gasteiger partial charge is 0.448 e. The summed E-state index contributed by atoms with van der Waals surface area (Å²) in [6, 6.07) is 10.6. The smallest absolute Gasteiger partial charge is 0.270 e. The third kappa shape index (κ3) is 3.78. The van der Waals surface area contributed by atoms with Crippen LogP contribution < -0.4 is 10.9 Å². The summed E-state index contributed by atoms with van der Waals surface area (Å²) in [5.74, 6) is 0.386. The number of halogens is 1. The molecular formula is C16H14ClN3O3. The molecule has 0 saturated carbocycles. The second kappa shape index (κ2) is 6.66. The first-order valence-electron chi connectivity index (χ1n) is 7.10. The summed E-state index contributed by atoms with van der Waals surface area (Å²) < 4.78 is 5.15.